The van der Waals surface area contributed by atoms with Crippen LogP contribution in [0.2, 0.25) is 0 Å². The van der Waals surface area contributed by atoms with E-state index in [9.17, 15) is 4.79 Å². The van der Waals surface area contributed by atoms with Gasteiger partial charge >= 0.3 is 0 Å². The molecular weight excluding hydrogens is 388 g/mol. The lowest BCUT2D eigenvalue weighted by molar-refractivity contribution is -0.147. The van der Waals surface area contributed by atoms with E-state index in [2.05, 4.69) is 49.2 Å². The van der Waals surface area contributed by atoms with Crippen LogP contribution in [-0.2, 0) is 11.3 Å². The number of aromatic nitrogens is 4. The van der Waals surface area contributed by atoms with Crippen LogP contribution < -0.4 is 5.32 Å². The first-order valence-electron chi connectivity index (χ1n) is 11.1. The molecule has 1 unspecified atom stereocenters. The van der Waals surface area contributed by atoms with Crippen molar-refractivity contribution in [2.45, 2.75) is 39.2 Å². The number of likely N-dealkylation sites (tertiary alicyclic amines) is 1. The molecule has 0 aliphatic carbocycles. The first kappa shape index (κ1) is 19.6. The number of carbonyl (C=O) groups excluding carboxylic acids is 1. The lowest BCUT2D eigenvalue weighted by Crippen LogP contribution is -2.48. The number of nitrogens with zero attached hydrogens (tertiary/aromatic N) is 3. The molecule has 7 nitrogen and oxygen atoms in total. The van der Waals surface area contributed by atoms with Crippen LogP contribution in [0.15, 0.2) is 49.1 Å². The number of piperidine rings is 1. The summed E-state index contributed by atoms with van der Waals surface area (Å²) in [7, 11) is 0. The molecule has 0 spiro atoms. The molecule has 7 heteroatoms. The van der Waals surface area contributed by atoms with Gasteiger partial charge in [-0.05, 0) is 43.4 Å². The van der Waals surface area contributed by atoms with Gasteiger partial charge in [0.25, 0.3) is 0 Å². The Morgan fingerprint density at radius 1 is 1.16 bits per heavy atom. The van der Waals surface area contributed by atoms with Gasteiger partial charge in [0, 0.05) is 42.9 Å². The summed E-state index contributed by atoms with van der Waals surface area (Å²) >= 11 is 0. The SMILES string of the molecule is CCC1(CCNc2ncnc3[nH]ccc23)CCCN(Cc2c[nH]c3ccccc23)C1=O. The van der Waals surface area contributed by atoms with Gasteiger partial charge in [-0.15, -0.1) is 0 Å². The summed E-state index contributed by atoms with van der Waals surface area (Å²) in [6, 6.07) is 10.3. The van der Waals surface area contributed by atoms with Crippen LogP contribution in [0.4, 0.5) is 5.82 Å². The molecule has 1 aliphatic heterocycles. The van der Waals surface area contributed by atoms with Crippen molar-refractivity contribution in [3.63, 3.8) is 0 Å². The number of anilines is 1. The summed E-state index contributed by atoms with van der Waals surface area (Å²) in [6.45, 7) is 4.33. The Kier molecular flexibility index (Phi) is 5.10. The Morgan fingerprint density at radius 3 is 2.97 bits per heavy atom. The highest BCUT2D eigenvalue weighted by atomic mass is 16.2. The van der Waals surface area contributed by atoms with Gasteiger partial charge in [-0.25, -0.2) is 9.97 Å². The molecule has 4 aromatic rings. The fraction of sp³-hybridized carbons (Fsp3) is 0.375. The lowest BCUT2D eigenvalue weighted by Gasteiger charge is -2.41. The van der Waals surface area contributed by atoms with Crippen molar-refractivity contribution in [2.75, 3.05) is 18.4 Å². The molecule has 5 rings (SSSR count). The predicted molar refractivity (Wildman–Crippen MR) is 123 cm³/mol. The summed E-state index contributed by atoms with van der Waals surface area (Å²) < 4.78 is 0. The second-order valence-corrected chi connectivity index (χ2v) is 8.46. The van der Waals surface area contributed by atoms with Crippen LogP contribution in [0.1, 0.15) is 38.2 Å². The molecule has 1 aliphatic rings. The number of rotatable bonds is 7. The molecule has 0 bridgehead atoms. The number of H-pyrrole nitrogens is 2. The van der Waals surface area contributed by atoms with Crippen LogP contribution in [0.5, 0.6) is 0 Å². The van der Waals surface area contributed by atoms with Gasteiger partial charge in [0.05, 0.1) is 10.8 Å². The first-order valence-corrected chi connectivity index (χ1v) is 11.1. The molecule has 4 heterocycles. The molecule has 3 N–H and O–H groups in total. The summed E-state index contributed by atoms with van der Waals surface area (Å²) in [5, 5.41) is 5.61. The van der Waals surface area contributed by atoms with Crippen molar-refractivity contribution in [1.82, 2.24) is 24.8 Å². The van der Waals surface area contributed by atoms with Crippen molar-refractivity contribution in [2.24, 2.45) is 5.41 Å². The van der Waals surface area contributed by atoms with E-state index < -0.39 is 0 Å². The van der Waals surface area contributed by atoms with E-state index in [0.717, 1.165) is 54.6 Å². The molecule has 1 amide bonds. The highest BCUT2D eigenvalue weighted by Gasteiger charge is 2.42. The third kappa shape index (κ3) is 3.54. The van der Waals surface area contributed by atoms with Gasteiger partial charge in [-0.3, -0.25) is 4.79 Å². The number of para-hydroxylation sites is 1. The highest BCUT2D eigenvalue weighted by Crippen LogP contribution is 2.39. The number of carbonyl (C=O) groups is 1. The number of benzene rings is 1. The first-order chi connectivity index (χ1) is 15.2. The summed E-state index contributed by atoms with van der Waals surface area (Å²) in [5.41, 5.74) is 2.81. The summed E-state index contributed by atoms with van der Waals surface area (Å²) in [5.74, 6) is 1.10. The minimum absolute atomic E-state index is 0.280. The number of nitrogens with one attached hydrogen (secondary N) is 3. The predicted octanol–water partition coefficient (Wildman–Crippen LogP) is 4.46. The van der Waals surface area contributed by atoms with Crippen LogP contribution in [0.3, 0.4) is 0 Å². The van der Waals surface area contributed by atoms with E-state index in [4.69, 9.17) is 0 Å². The number of hydrogen-bond donors (Lipinski definition) is 3. The quantitative estimate of drug-likeness (QED) is 0.415. The molecular formula is C24H28N6O. The Bertz CT molecular complexity index is 1210. The minimum Gasteiger partial charge on any atom is -0.369 e. The van der Waals surface area contributed by atoms with Gasteiger partial charge in [0.1, 0.15) is 17.8 Å². The second-order valence-electron chi connectivity index (χ2n) is 8.46. The number of aromatic amines is 2. The highest BCUT2D eigenvalue weighted by molar-refractivity contribution is 5.87. The van der Waals surface area contributed by atoms with Crippen molar-refractivity contribution in [3.05, 3.63) is 54.6 Å². The van der Waals surface area contributed by atoms with Crippen LogP contribution >= 0.6 is 0 Å². The van der Waals surface area contributed by atoms with Gasteiger partial charge in [0.15, 0.2) is 0 Å². The van der Waals surface area contributed by atoms with E-state index in [1.165, 1.54) is 10.9 Å². The smallest absolute Gasteiger partial charge is 0.229 e. The number of fused-ring (bicyclic) bond motifs is 2. The van der Waals surface area contributed by atoms with Crippen molar-refractivity contribution < 1.29 is 4.79 Å². The summed E-state index contributed by atoms with van der Waals surface area (Å²) in [4.78, 5) is 30.7. The van der Waals surface area contributed by atoms with Gasteiger partial charge in [-0.1, -0.05) is 25.1 Å². The number of hydrogen-bond acceptors (Lipinski definition) is 4. The molecule has 1 atom stereocenters. The molecule has 0 saturated carbocycles. The van der Waals surface area contributed by atoms with E-state index in [1.54, 1.807) is 6.33 Å². The Hall–Kier alpha value is -3.35. The zero-order chi connectivity index (χ0) is 21.3. The van der Waals surface area contributed by atoms with E-state index in [-0.39, 0.29) is 11.3 Å². The Balaban J connectivity index is 1.30. The minimum atomic E-state index is -0.318. The molecule has 1 saturated heterocycles. The normalized spacial score (nSPS) is 19.4. The van der Waals surface area contributed by atoms with Crippen LogP contribution in [0.25, 0.3) is 21.9 Å². The van der Waals surface area contributed by atoms with E-state index in [0.29, 0.717) is 13.1 Å². The topological polar surface area (TPSA) is 89.7 Å². The molecule has 160 valence electrons. The monoisotopic (exact) mass is 416 g/mol. The van der Waals surface area contributed by atoms with Crippen LogP contribution in [-0.4, -0.2) is 43.8 Å². The van der Waals surface area contributed by atoms with Gasteiger partial charge < -0.3 is 20.2 Å². The average molecular weight is 417 g/mol. The van der Waals surface area contributed by atoms with Crippen molar-refractivity contribution in [3.8, 4) is 0 Å². The Labute approximate surface area is 181 Å². The zero-order valence-corrected chi connectivity index (χ0v) is 17.8. The summed E-state index contributed by atoms with van der Waals surface area (Å²) in [6.07, 6.45) is 9.09. The van der Waals surface area contributed by atoms with E-state index >= 15 is 0 Å². The maximum atomic E-state index is 13.6. The molecule has 31 heavy (non-hydrogen) atoms. The second kappa shape index (κ2) is 8.06. The number of amides is 1. The third-order valence-corrected chi connectivity index (χ3v) is 6.79. The van der Waals surface area contributed by atoms with Crippen molar-refractivity contribution >= 4 is 33.7 Å². The molecule has 1 aromatic carbocycles. The fourth-order valence-corrected chi connectivity index (χ4v) is 4.94. The molecule has 0 radical (unpaired) electrons. The largest absolute Gasteiger partial charge is 0.369 e. The Morgan fingerprint density at radius 2 is 2.06 bits per heavy atom. The zero-order valence-electron chi connectivity index (χ0n) is 17.8. The molecule has 1 fully saturated rings. The standard InChI is InChI=1S/C24H28N6O/c1-2-24(10-12-26-22-19-8-11-25-21(19)28-16-29-22)9-5-13-30(23(24)31)15-17-14-27-20-7-4-3-6-18(17)20/h3-4,6-8,11,14,16,27H,2,5,9-10,12-13,15H2,1H3,(H2,25,26,28,29). The maximum absolute atomic E-state index is 13.6. The van der Waals surface area contributed by atoms with Gasteiger partial charge in [0.2, 0.25) is 5.91 Å². The fourth-order valence-electron chi connectivity index (χ4n) is 4.94. The average Bonchev–Trinajstić information content (AvgIpc) is 3.44. The van der Waals surface area contributed by atoms with Crippen LogP contribution in [0, 0.1) is 5.41 Å². The van der Waals surface area contributed by atoms with E-state index in [1.807, 2.05) is 30.6 Å². The maximum Gasteiger partial charge on any atom is 0.229 e. The molecule has 3 aromatic heterocycles. The lowest BCUT2D eigenvalue weighted by atomic mass is 9.74. The van der Waals surface area contributed by atoms with Gasteiger partial charge in [-0.2, -0.15) is 0 Å². The van der Waals surface area contributed by atoms with Crippen molar-refractivity contribution in [1.29, 1.82) is 0 Å². The third-order valence-electron chi connectivity index (χ3n) is 6.79.